The van der Waals surface area contributed by atoms with Crippen molar-refractivity contribution in [3.63, 3.8) is 0 Å². The zero-order chi connectivity index (χ0) is 17.1. The van der Waals surface area contributed by atoms with Gasteiger partial charge in [-0.3, -0.25) is 4.79 Å². The van der Waals surface area contributed by atoms with Crippen LogP contribution in [0.2, 0.25) is 4.34 Å². The van der Waals surface area contributed by atoms with Crippen LogP contribution < -0.4 is 4.74 Å². The lowest BCUT2D eigenvalue weighted by Gasteiger charge is -2.01. The first-order valence-corrected chi connectivity index (χ1v) is 8.32. The lowest BCUT2D eigenvalue weighted by atomic mass is 10.2. The van der Waals surface area contributed by atoms with Crippen LogP contribution in [0.1, 0.15) is 12.6 Å². The van der Waals surface area contributed by atoms with Crippen molar-refractivity contribution in [1.29, 1.82) is 0 Å². The number of carbonyl (C=O) groups is 1. The maximum Gasteiger partial charge on any atom is 0.309 e. The predicted molar refractivity (Wildman–Crippen MR) is 90.6 cm³/mol. The van der Waals surface area contributed by atoms with E-state index in [1.54, 1.807) is 30.5 Å². The molecule has 0 unspecified atom stereocenters. The van der Waals surface area contributed by atoms with E-state index in [2.05, 4.69) is 9.97 Å². The SMILES string of the molecule is CCOc1ccc(-c2nc(CC(=O)O)c(-c3ccc(Cl)s3)o2)cn1. The molecule has 0 spiro atoms. The summed E-state index contributed by atoms with van der Waals surface area (Å²) in [7, 11) is 0. The fraction of sp³-hybridized carbons (Fsp3) is 0.188. The number of rotatable bonds is 6. The van der Waals surface area contributed by atoms with Gasteiger partial charge in [-0.2, -0.15) is 0 Å². The molecule has 6 nitrogen and oxygen atoms in total. The topological polar surface area (TPSA) is 85.5 Å². The summed E-state index contributed by atoms with van der Waals surface area (Å²) in [5, 5.41) is 9.09. The number of ether oxygens (including phenoxy) is 1. The minimum absolute atomic E-state index is 0.237. The Morgan fingerprint density at radius 3 is 2.79 bits per heavy atom. The second-order valence-corrected chi connectivity index (χ2v) is 6.50. The molecule has 0 fully saturated rings. The fourth-order valence-corrected chi connectivity index (χ4v) is 3.15. The Hall–Kier alpha value is -2.38. The van der Waals surface area contributed by atoms with E-state index in [1.807, 2.05) is 6.92 Å². The lowest BCUT2D eigenvalue weighted by Crippen LogP contribution is -2.01. The second kappa shape index (κ2) is 7.02. The highest BCUT2D eigenvalue weighted by molar-refractivity contribution is 7.19. The minimum atomic E-state index is -0.983. The molecule has 1 N–H and O–H groups in total. The highest BCUT2D eigenvalue weighted by Crippen LogP contribution is 2.36. The Labute approximate surface area is 146 Å². The maximum absolute atomic E-state index is 11.1. The van der Waals surface area contributed by atoms with Crippen molar-refractivity contribution in [3.8, 4) is 28.0 Å². The fourth-order valence-electron chi connectivity index (χ4n) is 2.11. The van der Waals surface area contributed by atoms with E-state index >= 15 is 0 Å². The van der Waals surface area contributed by atoms with E-state index in [1.165, 1.54) is 11.3 Å². The van der Waals surface area contributed by atoms with E-state index < -0.39 is 5.97 Å². The summed E-state index contributed by atoms with van der Waals surface area (Å²) in [4.78, 5) is 20.3. The van der Waals surface area contributed by atoms with Gasteiger partial charge in [0.15, 0.2) is 5.76 Å². The average molecular weight is 365 g/mol. The van der Waals surface area contributed by atoms with Gasteiger partial charge in [-0.05, 0) is 25.1 Å². The second-order valence-electron chi connectivity index (χ2n) is 4.79. The van der Waals surface area contributed by atoms with Gasteiger partial charge in [0.05, 0.1) is 33.5 Å². The van der Waals surface area contributed by atoms with Crippen molar-refractivity contribution in [3.05, 3.63) is 40.5 Å². The quantitative estimate of drug-likeness (QED) is 0.707. The zero-order valence-electron chi connectivity index (χ0n) is 12.7. The number of hydrogen-bond acceptors (Lipinski definition) is 6. The largest absolute Gasteiger partial charge is 0.481 e. The highest BCUT2D eigenvalue weighted by Gasteiger charge is 2.20. The highest BCUT2D eigenvalue weighted by atomic mass is 35.5. The number of oxazole rings is 1. The van der Waals surface area contributed by atoms with E-state index in [4.69, 9.17) is 25.9 Å². The van der Waals surface area contributed by atoms with E-state index in [9.17, 15) is 4.79 Å². The van der Waals surface area contributed by atoms with Crippen LogP contribution in [-0.2, 0) is 11.2 Å². The lowest BCUT2D eigenvalue weighted by molar-refractivity contribution is -0.136. The molecule has 0 saturated carbocycles. The summed E-state index contributed by atoms with van der Waals surface area (Å²) in [6.45, 7) is 2.40. The van der Waals surface area contributed by atoms with E-state index in [0.717, 1.165) is 4.88 Å². The number of halogens is 1. The van der Waals surface area contributed by atoms with Crippen molar-refractivity contribution in [2.45, 2.75) is 13.3 Å². The number of hydrogen-bond donors (Lipinski definition) is 1. The normalized spacial score (nSPS) is 10.8. The molecule has 8 heteroatoms. The number of carboxylic acid groups (broad SMARTS) is 1. The third kappa shape index (κ3) is 3.58. The third-order valence-corrected chi connectivity index (χ3v) is 4.32. The number of aliphatic carboxylic acids is 1. The monoisotopic (exact) mass is 364 g/mol. The first-order valence-electron chi connectivity index (χ1n) is 7.13. The molecule has 0 saturated heterocycles. The molecule has 124 valence electrons. The van der Waals surface area contributed by atoms with Crippen LogP contribution >= 0.6 is 22.9 Å². The Morgan fingerprint density at radius 1 is 1.38 bits per heavy atom. The molecular formula is C16H13ClN2O4S. The van der Waals surface area contributed by atoms with Gasteiger partial charge in [0.2, 0.25) is 11.8 Å². The van der Waals surface area contributed by atoms with E-state index in [-0.39, 0.29) is 6.42 Å². The predicted octanol–water partition coefficient (Wildman–Crippen LogP) is 4.14. The van der Waals surface area contributed by atoms with Gasteiger partial charge in [0.1, 0.15) is 0 Å². The van der Waals surface area contributed by atoms with Crippen molar-refractivity contribution < 1.29 is 19.1 Å². The number of aromatic nitrogens is 2. The molecule has 24 heavy (non-hydrogen) atoms. The molecule has 0 aliphatic rings. The first kappa shape index (κ1) is 16.5. The van der Waals surface area contributed by atoms with Crippen LogP contribution in [0.25, 0.3) is 22.1 Å². The first-order chi connectivity index (χ1) is 11.6. The summed E-state index contributed by atoms with van der Waals surface area (Å²) in [5.41, 5.74) is 0.990. The van der Waals surface area contributed by atoms with Gasteiger partial charge in [-0.25, -0.2) is 9.97 Å². The molecule has 0 atom stereocenters. The standard InChI is InChI=1S/C16H13ClN2O4S/c1-2-22-13-6-3-9(8-18-13)16-19-10(7-14(20)21)15(23-16)11-4-5-12(17)24-11/h3-6,8H,2,7H2,1H3,(H,20,21). The molecular weight excluding hydrogens is 352 g/mol. The summed E-state index contributed by atoms with van der Waals surface area (Å²) in [6.07, 6.45) is 1.34. The Balaban J connectivity index is 1.99. The van der Waals surface area contributed by atoms with Crippen molar-refractivity contribution in [2.75, 3.05) is 6.61 Å². The zero-order valence-corrected chi connectivity index (χ0v) is 14.2. The van der Waals surface area contributed by atoms with Gasteiger partial charge < -0.3 is 14.3 Å². The van der Waals surface area contributed by atoms with Gasteiger partial charge >= 0.3 is 5.97 Å². The van der Waals surface area contributed by atoms with Gasteiger partial charge in [0, 0.05) is 12.3 Å². The van der Waals surface area contributed by atoms with Crippen molar-refractivity contribution >= 4 is 28.9 Å². The van der Waals surface area contributed by atoms with Crippen LogP contribution in [0, 0.1) is 0 Å². The van der Waals surface area contributed by atoms with E-state index in [0.29, 0.717) is 39.7 Å². The number of pyridine rings is 1. The van der Waals surface area contributed by atoms with Gasteiger partial charge in [0.25, 0.3) is 0 Å². The summed E-state index contributed by atoms with van der Waals surface area (Å²) < 4.78 is 11.7. The summed E-state index contributed by atoms with van der Waals surface area (Å²) >= 11 is 7.26. The van der Waals surface area contributed by atoms with Crippen molar-refractivity contribution in [1.82, 2.24) is 9.97 Å². The molecule has 0 aliphatic carbocycles. The van der Waals surface area contributed by atoms with Crippen LogP contribution in [-0.4, -0.2) is 27.7 Å². The molecule has 0 bridgehead atoms. The summed E-state index contributed by atoms with van der Waals surface area (Å²) in [6, 6.07) is 6.98. The van der Waals surface area contributed by atoms with Crippen molar-refractivity contribution in [2.24, 2.45) is 0 Å². The molecule has 0 amide bonds. The minimum Gasteiger partial charge on any atom is -0.481 e. The van der Waals surface area contributed by atoms with Crippen LogP contribution in [0.5, 0.6) is 5.88 Å². The molecule has 3 rings (SSSR count). The molecule has 3 aromatic heterocycles. The molecule has 0 aromatic carbocycles. The average Bonchev–Trinajstić information content (AvgIpc) is 3.14. The third-order valence-electron chi connectivity index (χ3n) is 3.09. The molecule has 0 aliphatic heterocycles. The van der Waals surface area contributed by atoms with Crippen LogP contribution in [0.3, 0.4) is 0 Å². The van der Waals surface area contributed by atoms with Crippen LogP contribution in [0.4, 0.5) is 0 Å². The molecule has 0 radical (unpaired) electrons. The maximum atomic E-state index is 11.1. The Morgan fingerprint density at radius 2 is 2.21 bits per heavy atom. The Kier molecular flexibility index (Phi) is 4.82. The van der Waals surface area contributed by atoms with Gasteiger partial charge in [-0.15, -0.1) is 11.3 Å². The number of nitrogens with zero attached hydrogens (tertiary/aromatic N) is 2. The summed E-state index contributed by atoms with van der Waals surface area (Å²) in [5.74, 6) is 0.243. The number of carboxylic acids is 1. The number of thiophene rings is 1. The van der Waals surface area contributed by atoms with Gasteiger partial charge in [-0.1, -0.05) is 11.6 Å². The Bertz CT molecular complexity index is 857. The smallest absolute Gasteiger partial charge is 0.309 e. The molecule has 3 aromatic rings. The van der Waals surface area contributed by atoms with Crippen LogP contribution in [0.15, 0.2) is 34.9 Å². The molecule has 3 heterocycles.